The van der Waals surface area contributed by atoms with Crippen LogP contribution in [-0.4, -0.2) is 49.6 Å². The monoisotopic (exact) mass is 1080 g/mol. The van der Waals surface area contributed by atoms with Gasteiger partial charge in [-0.2, -0.15) is 0 Å². The van der Waals surface area contributed by atoms with E-state index in [2.05, 4.69) is 73.7 Å². The fourth-order valence-corrected chi connectivity index (χ4v) is 12.8. The van der Waals surface area contributed by atoms with Crippen molar-refractivity contribution in [3.8, 4) is 16.3 Å². The number of carbonyl (C=O) groups is 5. The first-order valence-electron chi connectivity index (χ1n) is 16.1. The molecule has 288 valence electrons. The number of halogens is 4. The highest BCUT2D eigenvalue weighted by Crippen LogP contribution is 2.47. The number of thiophene rings is 4. The van der Waals surface area contributed by atoms with Crippen LogP contribution in [0.15, 0.2) is 80.8 Å². The molecule has 0 bridgehead atoms. The number of fused-ring (bicyclic) bond motifs is 2. The molecule has 6 heterocycles. The van der Waals surface area contributed by atoms with Gasteiger partial charge in [-0.25, -0.2) is 4.99 Å². The zero-order chi connectivity index (χ0) is 40.4. The molecule has 0 saturated heterocycles. The number of nitrogens with two attached hydrogens (primary N) is 2. The summed E-state index contributed by atoms with van der Waals surface area (Å²) in [5.41, 5.74) is 8.17. The van der Waals surface area contributed by atoms with Crippen LogP contribution >= 0.6 is 109 Å². The van der Waals surface area contributed by atoms with Crippen molar-refractivity contribution < 1.29 is 39.3 Å². The number of nitrogens with zero attached hydrogens (tertiary/aromatic N) is 1. The van der Waals surface area contributed by atoms with Gasteiger partial charge in [0.25, 0.3) is 17.7 Å². The van der Waals surface area contributed by atoms with Gasteiger partial charge in [0.05, 0.1) is 43.5 Å². The number of ketones is 2. The van der Waals surface area contributed by atoms with Crippen LogP contribution in [0, 0.1) is 11.8 Å². The standard InChI is InChI=1S/C18H16Br2N2O6S2.C18H8Br2N2O2S2/c19-13-3-1-11(29-13)17(27,15(21)25)7-5-10(24)8(6-9(7)23)18(28,16(22)26)12-2-4-14(20)30-12;19-13-3-1-11(25-13)15-7-5-10-8(6-9(7)21-17(15)23)16(18(24)22-10)12-2-4-14(20)26-12/h1-4,7-8,27-28H,5-6H2,(H2,21,25)(H2,22,26);1-6,21,23H. The molecule has 6 aromatic rings. The predicted octanol–water partition coefficient (Wildman–Crippen LogP) is 6.09. The molecule has 1 saturated carbocycles. The SMILES string of the molecule is NC(=O)C(O)(c1ccc(Br)s1)C1CC(=O)C(C(O)(C(N)=O)c2ccc(Br)s2)CC1=O.O=C1N=c2cc3c(-c4ccc(Br)s4)c(O)[nH]c3cc2=C1c1ccc(Br)s1. The predicted molar refractivity (Wildman–Crippen MR) is 228 cm³/mol. The van der Waals surface area contributed by atoms with Crippen molar-refractivity contribution in [2.24, 2.45) is 28.3 Å². The van der Waals surface area contributed by atoms with Crippen molar-refractivity contribution in [2.75, 3.05) is 0 Å². The largest absolute Gasteiger partial charge is 0.494 e. The number of rotatable bonds is 8. The number of aromatic amines is 1. The van der Waals surface area contributed by atoms with Gasteiger partial charge in [-0.15, -0.1) is 45.3 Å². The number of nitrogens with one attached hydrogen (secondary N) is 1. The number of aromatic nitrogens is 1. The third kappa shape index (κ3) is 7.15. The van der Waals surface area contributed by atoms with Crippen LogP contribution in [0.4, 0.5) is 0 Å². The van der Waals surface area contributed by atoms with E-state index in [1.807, 2.05) is 36.4 Å². The van der Waals surface area contributed by atoms with Crippen molar-refractivity contribution in [3.63, 3.8) is 0 Å². The first kappa shape index (κ1) is 41.0. The van der Waals surface area contributed by atoms with Crippen LogP contribution in [0.2, 0.25) is 0 Å². The number of aliphatic hydroxyl groups is 2. The normalized spacial score (nSPS) is 18.9. The Labute approximate surface area is 365 Å². The molecule has 8 rings (SSSR count). The summed E-state index contributed by atoms with van der Waals surface area (Å²) in [5.74, 6) is -6.71. The number of hydrogen-bond acceptors (Lipinski definition) is 12. The van der Waals surface area contributed by atoms with Gasteiger partial charge in [0, 0.05) is 48.5 Å². The first-order chi connectivity index (χ1) is 26.4. The molecular formula is C36H24Br4N4O8S4. The Morgan fingerprint density at radius 1 is 0.714 bits per heavy atom. The van der Waals surface area contributed by atoms with E-state index in [4.69, 9.17) is 11.5 Å². The fraction of sp³-hybridized carbons (Fsp3) is 0.167. The smallest absolute Gasteiger partial charge is 0.279 e. The molecule has 0 spiro atoms. The van der Waals surface area contributed by atoms with E-state index >= 15 is 0 Å². The lowest BCUT2D eigenvalue weighted by Gasteiger charge is -2.39. The van der Waals surface area contributed by atoms with Gasteiger partial charge >= 0.3 is 0 Å². The maximum atomic E-state index is 13.0. The molecule has 3 amide bonds. The Kier molecular flexibility index (Phi) is 11.4. The highest BCUT2D eigenvalue weighted by atomic mass is 79.9. The van der Waals surface area contributed by atoms with Crippen LogP contribution < -0.4 is 22.0 Å². The average molecular weight is 1090 g/mol. The molecule has 12 nitrogen and oxygen atoms in total. The van der Waals surface area contributed by atoms with Gasteiger partial charge in [0.1, 0.15) is 11.6 Å². The summed E-state index contributed by atoms with van der Waals surface area (Å²) >= 11 is 18.4. The van der Waals surface area contributed by atoms with Crippen LogP contribution in [0.1, 0.15) is 27.5 Å². The molecule has 4 unspecified atom stereocenters. The van der Waals surface area contributed by atoms with E-state index in [-0.39, 0.29) is 21.5 Å². The number of carbonyl (C=O) groups excluding carboxylic acids is 5. The van der Waals surface area contributed by atoms with E-state index < -0.39 is 59.3 Å². The van der Waals surface area contributed by atoms with Gasteiger partial charge in [0.15, 0.2) is 17.1 Å². The van der Waals surface area contributed by atoms with E-state index in [9.17, 15) is 39.3 Å². The Balaban J connectivity index is 0.000000173. The van der Waals surface area contributed by atoms with Crippen molar-refractivity contribution in [3.05, 3.63) is 101 Å². The molecular weight excluding hydrogens is 1060 g/mol. The lowest BCUT2D eigenvalue weighted by atomic mass is 9.66. The highest BCUT2D eigenvalue weighted by molar-refractivity contribution is 9.11. The van der Waals surface area contributed by atoms with Gasteiger partial charge < -0.3 is 31.8 Å². The highest BCUT2D eigenvalue weighted by Gasteiger charge is 2.58. The summed E-state index contributed by atoms with van der Waals surface area (Å²) in [6, 6.07) is 17.5. The van der Waals surface area contributed by atoms with E-state index in [0.717, 1.165) is 61.7 Å². The molecule has 1 fully saturated rings. The maximum absolute atomic E-state index is 13.0. The van der Waals surface area contributed by atoms with Crippen molar-refractivity contribution in [1.82, 2.24) is 4.98 Å². The molecule has 8 N–H and O–H groups in total. The summed E-state index contributed by atoms with van der Waals surface area (Å²) < 4.78 is 3.14. The number of benzene rings is 1. The van der Waals surface area contributed by atoms with Crippen LogP contribution in [0.5, 0.6) is 5.88 Å². The van der Waals surface area contributed by atoms with Gasteiger partial charge in [0.2, 0.25) is 0 Å². The van der Waals surface area contributed by atoms with E-state index in [0.29, 0.717) is 18.5 Å². The Morgan fingerprint density at radius 3 is 1.61 bits per heavy atom. The second kappa shape index (κ2) is 15.5. The topological polar surface area (TPSA) is 226 Å². The molecule has 1 aromatic carbocycles. The molecule has 2 aliphatic rings. The summed E-state index contributed by atoms with van der Waals surface area (Å²) in [6.07, 6.45) is -1.17. The van der Waals surface area contributed by atoms with Gasteiger partial charge in [-0.05, 0) is 124 Å². The van der Waals surface area contributed by atoms with E-state index in [1.54, 1.807) is 12.1 Å². The number of primary amides is 2. The summed E-state index contributed by atoms with van der Waals surface area (Å²) in [4.78, 5) is 72.1. The molecule has 0 radical (unpaired) electrons. The van der Waals surface area contributed by atoms with E-state index in [1.165, 1.54) is 34.8 Å². The van der Waals surface area contributed by atoms with Crippen molar-refractivity contribution >= 4 is 155 Å². The molecule has 1 aliphatic heterocycles. The maximum Gasteiger partial charge on any atom is 0.279 e. The zero-order valence-corrected chi connectivity index (χ0v) is 37.6. The minimum Gasteiger partial charge on any atom is -0.494 e. The van der Waals surface area contributed by atoms with Crippen LogP contribution in [-0.2, 0) is 35.2 Å². The summed E-state index contributed by atoms with van der Waals surface area (Å²) in [6.45, 7) is 0. The molecule has 1 aliphatic carbocycles. The summed E-state index contributed by atoms with van der Waals surface area (Å²) in [5, 5.41) is 34.9. The summed E-state index contributed by atoms with van der Waals surface area (Å²) in [7, 11) is 0. The number of amides is 3. The average Bonchev–Trinajstić information content (AvgIpc) is 4.00. The number of hydrogen-bond donors (Lipinski definition) is 6. The Morgan fingerprint density at radius 2 is 1.18 bits per heavy atom. The third-order valence-electron chi connectivity index (χ3n) is 9.49. The molecule has 20 heteroatoms. The second-order valence-electron chi connectivity index (χ2n) is 12.7. The van der Waals surface area contributed by atoms with Crippen molar-refractivity contribution in [2.45, 2.75) is 24.0 Å². The molecule has 4 atom stereocenters. The minimum absolute atomic E-state index is 0.110. The first-order valence-corrected chi connectivity index (χ1v) is 22.5. The van der Waals surface area contributed by atoms with Crippen LogP contribution in [0.3, 0.4) is 0 Å². The number of Topliss-reactive ketones (excluding diaryl/α,β-unsaturated/α-hetero) is 2. The Bertz CT molecular complexity index is 2690. The molecule has 56 heavy (non-hydrogen) atoms. The van der Waals surface area contributed by atoms with Gasteiger partial charge in [-0.3, -0.25) is 24.0 Å². The van der Waals surface area contributed by atoms with Gasteiger partial charge in [-0.1, -0.05) is 0 Å². The fourth-order valence-electron chi connectivity index (χ4n) is 6.82. The Hall–Kier alpha value is -3.18. The number of H-pyrrole nitrogens is 1. The van der Waals surface area contributed by atoms with Crippen LogP contribution in [0.25, 0.3) is 26.9 Å². The lowest BCUT2D eigenvalue weighted by Crippen LogP contribution is -2.57. The lowest BCUT2D eigenvalue weighted by molar-refractivity contribution is -0.166. The zero-order valence-electron chi connectivity index (χ0n) is 28.0. The van der Waals surface area contributed by atoms with Crippen molar-refractivity contribution in [1.29, 1.82) is 0 Å². The minimum atomic E-state index is -2.40. The quantitative estimate of drug-likeness (QED) is 0.104. The number of aromatic hydroxyl groups is 1. The third-order valence-corrected chi connectivity index (χ3v) is 16.3. The molecule has 5 aromatic heterocycles. The second-order valence-corrected chi connectivity index (χ2v) is 22.5.